The molecule has 0 atom stereocenters. The summed E-state index contributed by atoms with van der Waals surface area (Å²) in [5.74, 6) is 2.04. The fourth-order valence-electron chi connectivity index (χ4n) is 3.29. The number of rotatable bonds is 1. The maximum Gasteiger partial charge on any atom is 0.0345 e. The third kappa shape index (κ3) is 8.32. The molecule has 1 saturated carbocycles. The molecule has 1 aromatic carbocycles. The molecule has 1 aliphatic carbocycles. The van der Waals surface area contributed by atoms with E-state index < -0.39 is 0 Å². The van der Waals surface area contributed by atoms with Crippen molar-refractivity contribution in [2.45, 2.75) is 67.2 Å². The number of aryl methyl sites for hydroxylation is 4. The molecule has 0 amide bonds. The zero-order valence-electron chi connectivity index (χ0n) is 18.4. The van der Waals surface area contributed by atoms with Gasteiger partial charge in [-0.15, -0.1) is 22.7 Å². The van der Waals surface area contributed by atoms with Crippen LogP contribution < -0.4 is 0 Å². The van der Waals surface area contributed by atoms with E-state index in [9.17, 15) is 0 Å². The van der Waals surface area contributed by atoms with Crippen LogP contribution in [0.25, 0.3) is 10.4 Å². The Labute approximate surface area is 180 Å². The molecule has 0 unspecified atom stereocenters. The van der Waals surface area contributed by atoms with Gasteiger partial charge in [0.15, 0.2) is 0 Å². The lowest BCUT2D eigenvalue weighted by molar-refractivity contribution is 0.308. The van der Waals surface area contributed by atoms with Crippen LogP contribution >= 0.6 is 22.7 Å². The summed E-state index contributed by atoms with van der Waals surface area (Å²) < 4.78 is 0. The first-order valence-corrected chi connectivity index (χ1v) is 12.1. The van der Waals surface area contributed by atoms with Crippen LogP contribution in [-0.2, 0) is 0 Å². The summed E-state index contributed by atoms with van der Waals surface area (Å²) >= 11 is 3.69. The third-order valence-corrected chi connectivity index (χ3v) is 7.22. The van der Waals surface area contributed by atoms with Crippen LogP contribution in [0.2, 0.25) is 0 Å². The van der Waals surface area contributed by atoms with Gasteiger partial charge in [0.05, 0.1) is 0 Å². The van der Waals surface area contributed by atoms with E-state index in [1.165, 1.54) is 56.3 Å². The number of hydrogen-bond donors (Lipinski definition) is 0. The molecule has 0 spiro atoms. The molecule has 2 aromatic heterocycles. The second kappa shape index (κ2) is 11.6. The highest BCUT2D eigenvalue weighted by Gasteiger charge is 2.13. The molecule has 0 nitrogen and oxygen atoms in total. The first-order chi connectivity index (χ1) is 13.3. The summed E-state index contributed by atoms with van der Waals surface area (Å²) in [4.78, 5) is 5.53. The molecule has 2 heteroatoms. The predicted octanol–water partition coefficient (Wildman–Crippen LogP) is 9.23. The van der Waals surface area contributed by atoms with E-state index in [4.69, 9.17) is 0 Å². The van der Waals surface area contributed by atoms with Crippen molar-refractivity contribution < 1.29 is 0 Å². The summed E-state index contributed by atoms with van der Waals surface area (Å²) in [5.41, 5.74) is 2.64. The minimum atomic E-state index is 1.02. The van der Waals surface area contributed by atoms with Crippen molar-refractivity contribution in [2.75, 3.05) is 0 Å². The summed E-state index contributed by atoms with van der Waals surface area (Å²) in [6, 6.07) is 17.3. The number of thiophene rings is 2. The molecule has 1 fully saturated rings. The molecule has 2 heterocycles. The highest BCUT2D eigenvalue weighted by atomic mass is 32.1. The van der Waals surface area contributed by atoms with E-state index in [2.05, 4.69) is 90.1 Å². The normalized spacial score (nSPS) is 18.5. The van der Waals surface area contributed by atoms with Gasteiger partial charge in [-0.25, -0.2) is 0 Å². The monoisotopic (exact) mass is 412 g/mol. The maximum absolute atomic E-state index is 2.37. The van der Waals surface area contributed by atoms with E-state index in [0.29, 0.717) is 0 Å². The quantitative estimate of drug-likeness (QED) is 0.373. The number of benzene rings is 1. The second-order valence-electron chi connectivity index (χ2n) is 8.30. The Kier molecular flexibility index (Phi) is 9.47. The zero-order chi connectivity index (χ0) is 20.5. The molecule has 28 heavy (non-hydrogen) atoms. The van der Waals surface area contributed by atoms with Crippen LogP contribution in [0.3, 0.4) is 0 Å². The van der Waals surface area contributed by atoms with Crippen LogP contribution in [-0.4, -0.2) is 0 Å². The first kappa shape index (κ1) is 22.9. The predicted molar refractivity (Wildman–Crippen MR) is 130 cm³/mol. The Morgan fingerprint density at radius 1 is 0.571 bits per heavy atom. The van der Waals surface area contributed by atoms with Crippen molar-refractivity contribution in [3.05, 3.63) is 68.7 Å². The molecule has 1 aliphatic rings. The third-order valence-electron chi connectivity index (χ3n) is 5.26. The van der Waals surface area contributed by atoms with E-state index in [1.807, 2.05) is 22.7 Å². The van der Waals surface area contributed by atoms with Crippen LogP contribution in [0.15, 0.2) is 48.5 Å². The summed E-state index contributed by atoms with van der Waals surface area (Å²) in [7, 11) is 0. The smallest absolute Gasteiger partial charge is 0.0345 e. The van der Waals surface area contributed by atoms with Crippen molar-refractivity contribution in [2.24, 2.45) is 11.8 Å². The largest absolute Gasteiger partial charge is 0.146 e. The zero-order valence-corrected chi connectivity index (χ0v) is 20.1. The van der Waals surface area contributed by atoms with Gasteiger partial charge < -0.3 is 0 Å². The van der Waals surface area contributed by atoms with Gasteiger partial charge in [-0.1, -0.05) is 69.4 Å². The number of hydrogen-bond acceptors (Lipinski definition) is 2. The van der Waals surface area contributed by atoms with Crippen LogP contribution in [0.4, 0.5) is 0 Å². The molecular formula is C26H36S2. The standard InChI is InChI=1S/C12H12S.C8H16.C6H8S/c1-9-3-6-11(7-4-9)12-8-5-10(2)13-12;1-7-3-5-8(2)6-4-7;1-5-3-4-6(2)7-5/h3-8H,1-2H3;7-8H,3-6H2,1-2H3;3-4H,1-2H3. The summed E-state index contributed by atoms with van der Waals surface area (Å²) in [6.45, 7) is 13.2. The van der Waals surface area contributed by atoms with Crippen molar-refractivity contribution in [1.82, 2.24) is 0 Å². The van der Waals surface area contributed by atoms with Gasteiger partial charge >= 0.3 is 0 Å². The van der Waals surface area contributed by atoms with Crippen molar-refractivity contribution >= 4 is 22.7 Å². The first-order valence-electron chi connectivity index (χ1n) is 10.5. The van der Waals surface area contributed by atoms with E-state index >= 15 is 0 Å². The topological polar surface area (TPSA) is 0 Å². The maximum atomic E-state index is 2.37. The summed E-state index contributed by atoms with van der Waals surface area (Å²) in [5, 5.41) is 0. The highest BCUT2D eigenvalue weighted by Crippen LogP contribution is 2.28. The van der Waals surface area contributed by atoms with Gasteiger partial charge in [0.1, 0.15) is 0 Å². The Morgan fingerprint density at radius 2 is 1.00 bits per heavy atom. The molecule has 0 saturated heterocycles. The lowest BCUT2D eigenvalue weighted by Gasteiger charge is -2.22. The van der Waals surface area contributed by atoms with Crippen molar-refractivity contribution in [3.63, 3.8) is 0 Å². The Morgan fingerprint density at radius 3 is 1.36 bits per heavy atom. The summed E-state index contributed by atoms with van der Waals surface area (Å²) in [6.07, 6.45) is 5.89. The van der Waals surface area contributed by atoms with Gasteiger partial charge in [-0.05, 0) is 69.4 Å². The van der Waals surface area contributed by atoms with E-state index in [0.717, 1.165) is 11.8 Å². The van der Waals surface area contributed by atoms with Crippen LogP contribution in [0.5, 0.6) is 0 Å². The lowest BCUT2D eigenvalue weighted by Crippen LogP contribution is -2.08. The molecule has 152 valence electrons. The highest BCUT2D eigenvalue weighted by molar-refractivity contribution is 7.15. The molecule has 4 rings (SSSR count). The average Bonchev–Trinajstić information content (AvgIpc) is 3.27. The Hall–Kier alpha value is -1.38. The van der Waals surface area contributed by atoms with Gasteiger partial charge in [0.2, 0.25) is 0 Å². The van der Waals surface area contributed by atoms with E-state index in [1.54, 1.807) is 0 Å². The van der Waals surface area contributed by atoms with Gasteiger partial charge in [-0.3, -0.25) is 0 Å². The Balaban J connectivity index is 0.000000161. The SMILES string of the molecule is CC1CCC(C)CC1.Cc1ccc(-c2ccc(C)s2)cc1.Cc1ccc(C)s1. The Bertz CT molecular complexity index is 773. The van der Waals surface area contributed by atoms with Gasteiger partial charge in [0.25, 0.3) is 0 Å². The molecular weight excluding hydrogens is 376 g/mol. The molecule has 0 bridgehead atoms. The van der Waals surface area contributed by atoms with E-state index in [-0.39, 0.29) is 0 Å². The van der Waals surface area contributed by atoms with Gasteiger partial charge in [-0.2, -0.15) is 0 Å². The van der Waals surface area contributed by atoms with Crippen LogP contribution in [0, 0.1) is 39.5 Å². The molecule has 3 aromatic rings. The molecule has 0 radical (unpaired) electrons. The molecule has 0 N–H and O–H groups in total. The fourth-order valence-corrected chi connectivity index (χ4v) is 4.94. The second-order valence-corrected chi connectivity index (χ2v) is 11.1. The average molecular weight is 413 g/mol. The minimum absolute atomic E-state index is 1.02. The fraction of sp³-hybridized carbons (Fsp3) is 0.462. The van der Waals surface area contributed by atoms with Gasteiger partial charge in [0, 0.05) is 19.5 Å². The van der Waals surface area contributed by atoms with Crippen molar-refractivity contribution in [1.29, 1.82) is 0 Å². The molecule has 0 aliphatic heterocycles. The van der Waals surface area contributed by atoms with Crippen molar-refractivity contribution in [3.8, 4) is 10.4 Å². The van der Waals surface area contributed by atoms with Crippen LogP contribution in [0.1, 0.15) is 59.7 Å². The lowest BCUT2D eigenvalue weighted by atomic mass is 9.84. The minimum Gasteiger partial charge on any atom is -0.146 e.